The summed E-state index contributed by atoms with van der Waals surface area (Å²) in [6.45, 7) is 0. The van der Waals surface area contributed by atoms with E-state index in [1.807, 2.05) is 73.7 Å². The molecule has 0 spiro atoms. The Morgan fingerprint density at radius 3 is 2.29 bits per heavy atom. The number of anilines is 1. The number of benzene rings is 2. The molecule has 0 aliphatic carbocycles. The van der Waals surface area contributed by atoms with Gasteiger partial charge in [0, 0.05) is 43.3 Å². The molecule has 124 valence electrons. The summed E-state index contributed by atoms with van der Waals surface area (Å²) < 4.78 is 5.16. The second kappa shape index (κ2) is 8.58. The highest BCUT2D eigenvalue weighted by molar-refractivity contribution is 6.05. The molecule has 0 aliphatic rings. The molecule has 0 atom stereocenters. The van der Waals surface area contributed by atoms with E-state index < -0.39 is 0 Å². The van der Waals surface area contributed by atoms with E-state index in [1.54, 1.807) is 25.3 Å². The zero-order valence-electron chi connectivity index (χ0n) is 14.2. The minimum Gasteiger partial charge on any atom is -0.497 e. The Hall–Kier alpha value is -3.01. The number of hydrogen-bond donors (Lipinski definition) is 1. The van der Waals surface area contributed by atoms with Crippen LogP contribution in [0.3, 0.4) is 0 Å². The lowest BCUT2D eigenvalue weighted by molar-refractivity contribution is 0.104. The first-order valence-electron chi connectivity index (χ1n) is 7.65. The summed E-state index contributed by atoms with van der Waals surface area (Å²) in [4.78, 5) is 14.3. The Morgan fingerprint density at radius 1 is 1.04 bits per heavy atom. The lowest BCUT2D eigenvalue weighted by Gasteiger charge is -2.10. The third kappa shape index (κ3) is 5.32. The molecule has 4 nitrogen and oxygen atoms in total. The Labute approximate surface area is 143 Å². The molecule has 2 aromatic rings. The van der Waals surface area contributed by atoms with E-state index in [0.29, 0.717) is 11.3 Å². The van der Waals surface area contributed by atoms with Crippen LogP contribution >= 0.6 is 0 Å². The van der Waals surface area contributed by atoms with Crippen LogP contribution in [0.4, 0.5) is 5.69 Å². The number of hydrogen-bond acceptors (Lipinski definition) is 4. The highest BCUT2D eigenvalue weighted by Crippen LogP contribution is 2.17. The molecule has 4 heteroatoms. The maximum Gasteiger partial charge on any atom is 0.187 e. The fourth-order valence-corrected chi connectivity index (χ4v) is 2.02. The normalized spacial score (nSPS) is 11.4. The van der Waals surface area contributed by atoms with Gasteiger partial charge in [0.25, 0.3) is 0 Å². The third-order valence-electron chi connectivity index (χ3n) is 3.28. The number of ketones is 1. The SMILES string of the molecule is COc1ccc(NC(=C\C(=O)c2ccccc2)/C=C/N(C)C)cc1. The minimum absolute atomic E-state index is 0.0463. The van der Waals surface area contributed by atoms with Crippen LogP contribution in [0.5, 0.6) is 5.75 Å². The smallest absolute Gasteiger partial charge is 0.187 e. The van der Waals surface area contributed by atoms with Gasteiger partial charge in [-0.25, -0.2) is 0 Å². The van der Waals surface area contributed by atoms with Crippen LogP contribution in [-0.2, 0) is 0 Å². The summed E-state index contributed by atoms with van der Waals surface area (Å²) in [5.74, 6) is 0.741. The number of carbonyl (C=O) groups is 1. The van der Waals surface area contributed by atoms with Crippen molar-refractivity contribution in [3.05, 3.63) is 84.2 Å². The van der Waals surface area contributed by atoms with Crippen molar-refractivity contribution < 1.29 is 9.53 Å². The number of carbonyl (C=O) groups excluding carboxylic acids is 1. The number of rotatable bonds is 7. The van der Waals surface area contributed by atoms with Crippen LogP contribution in [0.2, 0.25) is 0 Å². The van der Waals surface area contributed by atoms with Gasteiger partial charge in [0.15, 0.2) is 5.78 Å². The lowest BCUT2D eigenvalue weighted by Crippen LogP contribution is -2.05. The quantitative estimate of drug-likeness (QED) is 0.476. The maximum atomic E-state index is 12.4. The van der Waals surface area contributed by atoms with E-state index in [2.05, 4.69) is 5.32 Å². The van der Waals surface area contributed by atoms with Crippen LogP contribution < -0.4 is 10.1 Å². The molecule has 0 fully saturated rings. The van der Waals surface area contributed by atoms with Crippen molar-refractivity contribution in [2.24, 2.45) is 0 Å². The Kier molecular flexibility index (Phi) is 6.20. The predicted octanol–water partition coefficient (Wildman–Crippen LogP) is 3.95. The van der Waals surface area contributed by atoms with E-state index >= 15 is 0 Å². The standard InChI is InChI=1S/C20H22N2O2/c1-22(2)14-13-18(15-20(23)16-7-5-4-6-8-16)21-17-9-11-19(24-3)12-10-17/h4-15,21H,1-3H3/b14-13+,18-15-. The van der Waals surface area contributed by atoms with Crippen molar-refractivity contribution in [3.63, 3.8) is 0 Å². The minimum atomic E-state index is -0.0463. The maximum absolute atomic E-state index is 12.4. The molecule has 0 bridgehead atoms. The van der Waals surface area contributed by atoms with Crippen LogP contribution in [0.25, 0.3) is 0 Å². The number of nitrogens with zero attached hydrogens (tertiary/aromatic N) is 1. The van der Waals surface area contributed by atoms with Gasteiger partial charge in [-0.15, -0.1) is 0 Å². The second-order valence-electron chi connectivity index (χ2n) is 5.46. The zero-order chi connectivity index (χ0) is 17.4. The van der Waals surface area contributed by atoms with Crippen LogP contribution in [0, 0.1) is 0 Å². The van der Waals surface area contributed by atoms with E-state index in [9.17, 15) is 4.79 Å². The average Bonchev–Trinajstić information content (AvgIpc) is 2.61. The first-order valence-corrected chi connectivity index (χ1v) is 7.65. The first-order chi connectivity index (χ1) is 11.6. The molecule has 0 heterocycles. The Bertz CT molecular complexity index is 717. The number of nitrogens with one attached hydrogen (secondary N) is 1. The van der Waals surface area contributed by atoms with Crippen molar-refractivity contribution in [1.29, 1.82) is 0 Å². The van der Waals surface area contributed by atoms with Gasteiger partial charge in [-0.1, -0.05) is 30.3 Å². The molecule has 2 aromatic carbocycles. The van der Waals surface area contributed by atoms with Crippen molar-refractivity contribution in [2.45, 2.75) is 0 Å². The molecule has 24 heavy (non-hydrogen) atoms. The molecule has 0 amide bonds. The summed E-state index contributed by atoms with van der Waals surface area (Å²) in [5.41, 5.74) is 2.25. The highest BCUT2D eigenvalue weighted by Gasteiger charge is 2.04. The molecular weight excluding hydrogens is 300 g/mol. The van der Waals surface area contributed by atoms with E-state index in [1.165, 1.54) is 0 Å². The average molecular weight is 322 g/mol. The molecule has 2 rings (SSSR count). The van der Waals surface area contributed by atoms with Crippen molar-refractivity contribution in [1.82, 2.24) is 4.90 Å². The fraction of sp³-hybridized carbons (Fsp3) is 0.150. The fourth-order valence-electron chi connectivity index (χ4n) is 2.02. The van der Waals surface area contributed by atoms with Gasteiger partial charge >= 0.3 is 0 Å². The van der Waals surface area contributed by atoms with Gasteiger partial charge in [-0.3, -0.25) is 4.79 Å². The molecule has 0 aromatic heterocycles. The van der Waals surface area contributed by atoms with Gasteiger partial charge in [0.2, 0.25) is 0 Å². The summed E-state index contributed by atoms with van der Waals surface area (Å²) in [6.07, 6.45) is 5.35. The van der Waals surface area contributed by atoms with E-state index in [0.717, 1.165) is 11.4 Å². The zero-order valence-corrected chi connectivity index (χ0v) is 14.2. The van der Waals surface area contributed by atoms with Gasteiger partial charge in [0.1, 0.15) is 5.75 Å². The third-order valence-corrected chi connectivity index (χ3v) is 3.28. The molecule has 0 radical (unpaired) electrons. The number of ether oxygens (including phenoxy) is 1. The molecule has 0 unspecified atom stereocenters. The first kappa shape index (κ1) is 17.3. The number of methoxy groups -OCH3 is 1. The molecule has 0 saturated carbocycles. The Balaban J connectivity index is 2.23. The van der Waals surface area contributed by atoms with Crippen molar-refractivity contribution in [3.8, 4) is 5.75 Å². The monoisotopic (exact) mass is 322 g/mol. The number of allylic oxidation sites excluding steroid dienone is 2. The highest BCUT2D eigenvalue weighted by atomic mass is 16.5. The topological polar surface area (TPSA) is 41.6 Å². The van der Waals surface area contributed by atoms with Crippen LogP contribution in [-0.4, -0.2) is 31.9 Å². The molecule has 0 aliphatic heterocycles. The molecular formula is C20H22N2O2. The summed E-state index contributed by atoms with van der Waals surface area (Å²) in [6, 6.07) is 16.8. The molecule has 0 saturated heterocycles. The van der Waals surface area contributed by atoms with E-state index in [4.69, 9.17) is 4.74 Å². The summed E-state index contributed by atoms with van der Waals surface area (Å²) >= 11 is 0. The Morgan fingerprint density at radius 2 is 1.71 bits per heavy atom. The van der Waals surface area contributed by atoms with Crippen LogP contribution in [0.15, 0.2) is 78.6 Å². The van der Waals surface area contributed by atoms with Gasteiger partial charge in [-0.2, -0.15) is 0 Å². The van der Waals surface area contributed by atoms with E-state index in [-0.39, 0.29) is 5.78 Å². The largest absolute Gasteiger partial charge is 0.497 e. The van der Waals surface area contributed by atoms with Crippen molar-refractivity contribution >= 4 is 11.5 Å². The predicted molar refractivity (Wildman–Crippen MR) is 98.3 cm³/mol. The summed E-state index contributed by atoms with van der Waals surface area (Å²) in [5, 5.41) is 3.26. The van der Waals surface area contributed by atoms with Gasteiger partial charge < -0.3 is 15.0 Å². The van der Waals surface area contributed by atoms with Gasteiger partial charge in [0.05, 0.1) is 7.11 Å². The lowest BCUT2D eigenvalue weighted by atomic mass is 10.1. The molecule has 1 N–H and O–H groups in total. The van der Waals surface area contributed by atoms with Gasteiger partial charge in [-0.05, 0) is 30.3 Å². The summed E-state index contributed by atoms with van der Waals surface area (Å²) in [7, 11) is 5.49. The second-order valence-corrected chi connectivity index (χ2v) is 5.46. The van der Waals surface area contributed by atoms with Crippen molar-refractivity contribution in [2.75, 3.05) is 26.5 Å². The van der Waals surface area contributed by atoms with Crippen LogP contribution in [0.1, 0.15) is 10.4 Å².